The van der Waals surface area contributed by atoms with Gasteiger partial charge in [-0.25, -0.2) is 4.98 Å². The fourth-order valence-corrected chi connectivity index (χ4v) is 1.44. The van der Waals surface area contributed by atoms with Crippen LogP contribution in [0.1, 0.15) is 25.4 Å². The Hall–Kier alpha value is -1.76. The monoisotopic (exact) mass is 235 g/mol. The number of hydrogen-bond acceptors (Lipinski definition) is 5. The molecule has 0 atom stereocenters. The Kier molecular flexibility index (Phi) is 3.48. The van der Waals surface area contributed by atoms with Crippen LogP contribution in [0.15, 0.2) is 12.5 Å². The molecule has 0 aliphatic rings. The Morgan fingerprint density at radius 2 is 2.24 bits per heavy atom. The van der Waals surface area contributed by atoms with Gasteiger partial charge in [0.15, 0.2) is 5.82 Å². The van der Waals surface area contributed by atoms with Gasteiger partial charge >= 0.3 is 0 Å². The second kappa shape index (κ2) is 5.05. The van der Waals surface area contributed by atoms with Crippen LogP contribution in [0.5, 0.6) is 0 Å². The third-order valence-corrected chi connectivity index (χ3v) is 2.25. The Bertz CT molecular complexity index is 470. The standard InChI is InChI=1S/C10H17N7/c1-8(2)11-4-9-5-17(7-12-9)6-10-13-15-16(3)14-10/h5,7-8,11H,4,6H2,1-3H3. The summed E-state index contributed by atoms with van der Waals surface area (Å²) in [6, 6.07) is 0.460. The topological polar surface area (TPSA) is 73.5 Å². The van der Waals surface area contributed by atoms with Crippen molar-refractivity contribution in [1.29, 1.82) is 0 Å². The van der Waals surface area contributed by atoms with E-state index in [0.717, 1.165) is 12.2 Å². The van der Waals surface area contributed by atoms with Gasteiger partial charge in [0.05, 0.1) is 25.6 Å². The number of rotatable bonds is 5. The van der Waals surface area contributed by atoms with Crippen molar-refractivity contribution in [1.82, 2.24) is 35.1 Å². The van der Waals surface area contributed by atoms with E-state index in [4.69, 9.17) is 0 Å². The molecule has 0 aliphatic carbocycles. The van der Waals surface area contributed by atoms with E-state index in [9.17, 15) is 0 Å². The maximum absolute atomic E-state index is 4.31. The second-order valence-electron chi connectivity index (χ2n) is 4.27. The number of hydrogen-bond donors (Lipinski definition) is 1. The Balaban J connectivity index is 1.94. The molecule has 0 amide bonds. The summed E-state index contributed by atoms with van der Waals surface area (Å²) in [6.45, 7) is 5.60. The summed E-state index contributed by atoms with van der Waals surface area (Å²) in [5.41, 5.74) is 1.02. The van der Waals surface area contributed by atoms with Gasteiger partial charge in [0.2, 0.25) is 0 Å². The molecule has 7 nitrogen and oxygen atoms in total. The highest BCUT2D eigenvalue weighted by molar-refractivity contribution is 4.98. The van der Waals surface area contributed by atoms with Gasteiger partial charge in [-0.2, -0.15) is 4.80 Å². The fourth-order valence-electron chi connectivity index (χ4n) is 1.44. The lowest BCUT2D eigenvalue weighted by molar-refractivity contribution is 0.582. The van der Waals surface area contributed by atoms with Gasteiger partial charge in [-0.1, -0.05) is 13.8 Å². The number of aryl methyl sites for hydroxylation is 1. The Morgan fingerprint density at radius 1 is 1.41 bits per heavy atom. The molecule has 0 unspecified atom stereocenters. The lowest BCUT2D eigenvalue weighted by atomic mass is 10.3. The van der Waals surface area contributed by atoms with Gasteiger partial charge in [-0.05, 0) is 5.21 Å². The first kappa shape index (κ1) is 11.7. The number of tetrazole rings is 1. The van der Waals surface area contributed by atoms with Gasteiger partial charge < -0.3 is 9.88 Å². The van der Waals surface area contributed by atoms with Crippen molar-refractivity contribution < 1.29 is 0 Å². The van der Waals surface area contributed by atoms with Crippen LogP contribution in [0.3, 0.4) is 0 Å². The van der Waals surface area contributed by atoms with Gasteiger partial charge in [0.1, 0.15) is 0 Å². The van der Waals surface area contributed by atoms with E-state index < -0.39 is 0 Å². The van der Waals surface area contributed by atoms with Crippen molar-refractivity contribution in [2.24, 2.45) is 7.05 Å². The SMILES string of the molecule is CC(C)NCc1cn(Cc2nnn(C)n2)cn1. The average molecular weight is 235 g/mol. The molecule has 0 aliphatic heterocycles. The van der Waals surface area contributed by atoms with E-state index in [1.54, 1.807) is 13.4 Å². The summed E-state index contributed by atoms with van der Waals surface area (Å²) in [4.78, 5) is 5.76. The zero-order chi connectivity index (χ0) is 12.3. The molecule has 7 heteroatoms. The molecule has 0 aromatic carbocycles. The van der Waals surface area contributed by atoms with Crippen molar-refractivity contribution in [3.8, 4) is 0 Å². The van der Waals surface area contributed by atoms with Crippen LogP contribution in [0.2, 0.25) is 0 Å². The highest BCUT2D eigenvalue weighted by Gasteiger charge is 2.04. The summed E-state index contributed by atoms with van der Waals surface area (Å²) in [7, 11) is 1.75. The molecule has 2 aromatic heterocycles. The molecule has 2 aromatic rings. The lowest BCUT2D eigenvalue weighted by Gasteiger charge is -2.04. The molecule has 0 saturated carbocycles. The van der Waals surface area contributed by atoms with Gasteiger partial charge in [0, 0.05) is 18.8 Å². The van der Waals surface area contributed by atoms with Crippen molar-refractivity contribution >= 4 is 0 Å². The van der Waals surface area contributed by atoms with Crippen molar-refractivity contribution in [3.63, 3.8) is 0 Å². The van der Waals surface area contributed by atoms with Crippen LogP contribution in [0.4, 0.5) is 0 Å². The van der Waals surface area contributed by atoms with Gasteiger partial charge in [-0.3, -0.25) is 0 Å². The van der Waals surface area contributed by atoms with E-state index >= 15 is 0 Å². The molecule has 2 rings (SSSR count). The van der Waals surface area contributed by atoms with Crippen LogP contribution >= 0.6 is 0 Å². The third kappa shape index (κ3) is 3.35. The largest absolute Gasteiger partial charge is 0.329 e. The molecule has 0 spiro atoms. The van der Waals surface area contributed by atoms with Crippen molar-refractivity contribution in [2.45, 2.75) is 33.0 Å². The number of nitrogens with zero attached hydrogens (tertiary/aromatic N) is 6. The minimum absolute atomic E-state index is 0.460. The summed E-state index contributed by atoms with van der Waals surface area (Å²) >= 11 is 0. The summed E-state index contributed by atoms with van der Waals surface area (Å²) in [5, 5.41) is 15.2. The number of imidazole rings is 1. The quantitative estimate of drug-likeness (QED) is 0.786. The van der Waals surface area contributed by atoms with Crippen LogP contribution in [0, 0.1) is 0 Å². The van der Waals surface area contributed by atoms with Crippen LogP contribution < -0.4 is 5.32 Å². The predicted molar refractivity (Wildman–Crippen MR) is 62.1 cm³/mol. The van der Waals surface area contributed by atoms with E-state index in [1.807, 2.05) is 10.8 Å². The first-order valence-corrected chi connectivity index (χ1v) is 5.60. The molecule has 1 N–H and O–H groups in total. The maximum Gasteiger partial charge on any atom is 0.194 e. The third-order valence-electron chi connectivity index (χ3n) is 2.25. The molecule has 2 heterocycles. The second-order valence-corrected chi connectivity index (χ2v) is 4.27. The van der Waals surface area contributed by atoms with E-state index in [2.05, 4.69) is 39.6 Å². The van der Waals surface area contributed by atoms with E-state index in [-0.39, 0.29) is 0 Å². The smallest absolute Gasteiger partial charge is 0.194 e. The first-order valence-electron chi connectivity index (χ1n) is 5.60. The van der Waals surface area contributed by atoms with Crippen LogP contribution in [-0.4, -0.2) is 35.8 Å². The molecular formula is C10H17N7. The average Bonchev–Trinajstić information content (AvgIpc) is 2.86. The predicted octanol–water partition coefficient (Wildman–Crippen LogP) is -0.0471. The molecular weight excluding hydrogens is 218 g/mol. The van der Waals surface area contributed by atoms with Gasteiger partial charge in [0.25, 0.3) is 0 Å². The molecule has 0 saturated heterocycles. The van der Waals surface area contributed by atoms with E-state index in [1.165, 1.54) is 4.80 Å². The van der Waals surface area contributed by atoms with Crippen molar-refractivity contribution in [3.05, 3.63) is 24.0 Å². The summed E-state index contributed by atoms with van der Waals surface area (Å²) < 4.78 is 1.95. The normalized spacial score (nSPS) is 11.3. The maximum atomic E-state index is 4.31. The zero-order valence-corrected chi connectivity index (χ0v) is 10.3. The minimum Gasteiger partial charge on any atom is -0.329 e. The first-order chi connectivity index (χ1) is 8.13. The minimum atomic E-state index is 0.460. The molecule has 17 heavy (non-hydrogen) atoms. The van der Waals surface area contributed by atoms with E-state index in [0.29, 0.717) is 18.4 Å². The fraction of sp³-hybridized carbons (Fsp3) is 0.600. The Labute approximate surface area is 99.9 Å². The molecule has 0 fully saturated rings. The molecule has 0 bridgehead atoms. The lowest BCUT2D eigenvalue weighted by Crippen LogP contribution is -2.21. The summed E-state index contributed by atoms with van der Waals surface area (Å²) in [6.07, 6.45) is 3.78. The number of aromatic nitrogens is 6. The highest BCUT2D eigenvalue weighted by Crippen LogP contribution is 1.99. The van der Waals surface area contributed by atoms with Gasteiger partial charge in [-0.15, -0.1) is 10.2 Å². The van der Waals surface area contributed by atoms with Crippen LogP contribution in [0.25, 0.3) is 0 Å². The molecule has 0 radical (unpaired) electrons. The highest BCUT2D eigenvalue weighted by atomic mass is 15.6. The van der Waals surface area contributed by atoms with Crippen LogP contribution in [-0.2, 0) is 20.1 Å². The zero-order valence-electron chi connectivity index (χ0n) is 10.3. The number of nitrogens with one attached hydrogen (secondary N) is 1. The van der Waals surface area contributed by atoms with Crippen molar-refractivity contribution in [2.75, 3.05) is 0 Å². The molecule has 92 valence electrons. The Morgan fingerprint density at radius 3 is 2.88 bits per heavy atom. The summed E-state index contributed by atoms with van der Waals surface area (Å²) in [5.74, 6) is 0.688.